The van der Waals surface area contributed by atoms with E-state index in [0.29, 0.717) is 11.4 Å². The monoisotopic (exact) mass is 420 g/mol. The molecule has 4 rings (SSSR count). The fraction of sp³-hybridized carbons (Fsp3) is 0.100. The van der Waals surface area contributed by atoms with Gasteiger partial charge in [0.05, 0.1) is 16.4 Å². The van der Waals surface area contributed by atoms with E-state index in [1.807, 2.05) is 6.07 Å². The van der Waals surface area contributed by atoms with Crippen LogP contribution in [-0.4, -0.2) is 26.7 Å². The molecule has 2 aromatic carbocycles. The van der Waals surface area contributed by atoms with Crippen LogP contribution in [0.15, 0.2) is 59.4 Å². The van der Waals surface area contributed by atoms with Crippen molar-refractivity contribution in [2.75, 3.05) is 16.0 Å². The van der Waals surface area contributed by atoms with Gasteiger partial charge in [-0.2, -0.15) is 4.98 Å². The van der Waals surface area contributed by atoms with Gasteiger partial charge in [-0.15, -0.1) is 0 Å². The molecule has 3 aromatic rings. The number of non-ortho nitro benzene ring substituents is 1. The maximum absolute atomic E-state index is 12.8. The number of nitrogens with zero attached hydrogens (tertiary/aromatic N) is 2. The Labute approximate surface area is 174 Å². The number of amides is 2. The third-order valence-corrected chi connectivity index (χ3v) is 4.65. The van der Waals surface area contributed by atoms with Crippen molar-refractivity contribution in [1.82, 2.24) is 9.97 Å². The quantitative estimate of drug-likeness (QED) is 0.364. The molecule has 1 aliphatic rings. The van der Waals surface area contributed by atoms with Crippen molar-refractivity contribution in [3.63, 3.8) is 0 Å². The van der Waals surface area contributed by atoms with Crippen LogP contribution in [0.25, 0.3) is 0 Å². The number of nitrogens with one attached hydrogen (secondary N) is 4. The van der Waals surface area contributed by atoms with Gasteiger partial charge in [0.2, 0.25) is 17.8 Å². The summed E-state index contributed by atoms with van der Waals surface area (Å²) in [5.74, 6) is -2.00. The number of H-pyrrole nitrogens is 1. The Morgan fingerprint density at radius 3 is 2.45 bits per heavy atom. The zero-order valence-electron chi connectivity index (χ0n) is 15.9. The van der Waals surface area contributed by atoms with Crippen molar-refractivity contribution in [1.29, 1.82) is 0 Å². The van der Waals surface area contributed by atoms with E-state index in [0.717, 1.165) is 0 Å². The predicted octanol–water partition coefficient (Wildman–Crippen LogP) is 2.49. The molecule has 1 aliphatic heterocycles. The van der Waals surface area contributed by atoms with Crippen LogP contribution in [0.1, 0.15) is 17.9 Å². The van der Waals surface area contributed by atoms with Crippen molar-refractivity contribution in [2.45, 2.75) is 12.3 Å². The summed E-state index contributed by atoms with van der Waals surface area (Å²) in [5, 5.41) is 18.8. The summed E-state index contributed by atoms with van der Waals surface area (Å²) < 4.78 is 0. The van der Waals surface area contributed by atoms with Crippen molar-refractivity contribution in [3.05, 3.63) is 80.6 Å². The van der Waals surface area contributed by atoms with Crippen LogP contribution in [0.4, 0.5) is 28.8 Å². The summed E-state index contributed by atoms with van der Waals surface area (Å²) in [4.78, 5) is 54.7. The lowest BCUT2D eigenvalue weighted by atomic mass is 9.92. The lowest BCUT2D eigenvalue weighted by molar-refractivity contribution is -0.384. The van der Waals surface area contributed by atoms with Gasteiger partial charge >= 0.3 is 0 Å². The smallest absolute Gasteiger partial charge is 0.269 e. The van der Waals surface area contributed by atoms with Crippen LogP contribution in [0.3, 0.4) is 0 Å². The molecular weight excluding hydrogens is 404 g/mol. The van der Waals surface area contributed by atoms with Gasteiger partial charge in [0.1, 0.15) is 5.82 Å². The number of benzene rings is 2. The summed E-state index contributed by atoms with van der Waals surface area (Å²) in [7, 11) is 0. The highest BCUT2D eigenvalue weighted by Gasteiger charge is 2.34. The molecule has 2 amide bonds. The highest BCUT2D eigenvalue weighted by molar-refractivity contribution is 6.04. The second-order valence-corrected chi connectivity index (χ2v) is 6.77. The number of aromatic amines is 1. The second-order valence-electron chi connectivity index (χ2n) is 6.77. The predicted molar refractivity (Wildman–Crippen MR) is 112 cm³/mol. The molecule has 0 spiro atoms. The largest absolute Gasteiger partial charge is 0.326 e. The van der Waals surface area contributed by atoms with Gasteiger partial charge in [-0.3, -0.25) is 29.5 Å². The van der Waals surface area contributed by atoms with Crippen LogP contribution in [-0.2, 0) is 9.59 Å². The van der Waals surface area contributed by atoms with Gasteiger partial charge in [0.25, 0.3) is 11.2 Å². The summed E-state index contributed by atoms with van der Waals surface area (Å²) in [6.45, 7) is 0. The summed E-state index contributed by atoms with van der Waals surface area (Å²) in [6.07, 6.45) is -0.234. The molecule has 0 bridgehead atoms. The van der Waals surface area contributed by atoms with E-state index in [2.05, 4.69) is 25.9 Å². The minimum Gasteiger partial charge on any atom is -0.326 e. The number of hydrogen-bond donors (Lipinski definition) is 4. The average Bonchev–Trinajstić information content (AvgIpc) is 2.74. The van der Waals surface area contributed by atoms with E-state index in [-0.39, 0.29) is 29.4 Å². The fourth-order valence-corrected chi connectivity index (χ4v) is 3.21. The van der Waals surface area contributed by atoms with Crippen molar-refractivity contribution in [2.24, 2.45) is 0 Å². The van der Waals surface area contributed by atoms with E-state index in [4.69, 9.17) is 0 Å². The maximum atomic E-state index is 12.8. The van der Waals surface area contributed by atoms with Gasteiger partial charge in [-0.05, 0) is 24.3 Å². The Morgan fingerprint density at radius 1 is 1.06 bits per heavy atom. The normalized spacial score (nSPS) is 14.8. The Bertz CT molecular complexity index is 1220. The molecule has 0 unspecified atom stereocenters. The number of para-hydroxylation sites is 1. The zero-order valence-corrected chi connectivity index (χ0v) is 15.9. The van der Waals surface area contributed by atoms with Gasteiger partial charge < -0.3 is 16.0 Å². The van der Waals surface area contributed by atoms with Crippen molar-refractivity contribution in [3.8, 4) is 0 Å². The molecule has 0 saturated heterocycles. The Hall–Kier alpha value is -4.54. The molecule has 0 saturated carbocycles. The van der Waals surface area contributed by atoms with Gasteiger partial charge in [-0.25, -0.2) is 0 Å². The molecule has 0 fully saturated rings. The number of aromatic nitrogens is 2. The molecule has 31 heavy (non-hydrogen) atoms. The van der Waals surface area contributed by atoms with E-state index >= 15 is 0 Å². The third-order valence-electron chi connectivity index (χ3n) is 4.65. The molecule has 0 radical (unpaired) electrons. The number of nitro benzene ring substituents is 1. The number of hydrogen-bond acceptors (Lipinski definition) is 7. The molecule has 1 atom stereocenters. The first-order chi connectivity index (χ1) is 14.9. The number of fused-ring (bicyclic) bond motifs is 1. The Kier molecular flexibility index (Phi) is 5.14. The first-order valence-electron chi connectivity index (χ1n) is 9.22. The van der Waals surface area contributed by atoms with E-state index in [9.17, 15) is 24.5 Å². The van der Waals surface area contributed by atoms with E-state index in [1.54, 1.807) is 24.3 Å². The van der Waals surface area contributed by atoms with E-state index in [1.165, 1.54) is 24.3 Å². The van der Waals surface area contributed by atoms with Crippen LogP contribution in [0.2, 0.25) is 0 Å². The van der Waals surface area contributed by atoms with Crippen molar-refractivity contribution < 1.29 is 14.5 Å². The number of anilines is 4. The lowest BCUT2D eigenvalue weighted by Crippen LogP contribution is -2.36. The van der Waals surface area contributed by atoms with E-state index < -0.39 is 28.2 Å². The number of carbonyl (C=O) groups excluding carboxylic acids is 2. The molecule has 0 aliphatic carbocycles. The minimum absolute atomic E-state index is 0.00211. The highest BCUT2D eigenvalue weighted by Crippen LogP contribution is 2.30. The van der Waals surface area contributed by atoms with Crippen LogP contribution in [0.5, 0.6) is 0 Å². The molecule has 156 valence electrons. The SMILES string of the molecule is O=C1C[C@@H](C(=O)Nc2ccc([N+](=O)[O-])cc2)c2c(nc(Nc3ccccc3)[nH]c2=O)N1. The molecule has 11 heteroatoms. The topological polar surface area (TPSA) is 159 Å². The highest BCUT2D eigenvalue weighted by atomic mass is 16.6. The summed E-state index contributed by atoms with van der Waals surface area (Å²) in [6, 6.07) is 14.2. The molecular formula is C20H16N6O5. The number of carbonyl (C=O) groups is 2. The number of nitro groups is 1. The van der Waals surface area contributed by atoms with Crippen molar-refractivity contribution >= 4 is 40.6 Å². The molecule has 1 aromatic heterocycles. The van der Waals surface area contributed by atoms with Gasteiger partial charge in [0, 0.05) is 29.9 Å². The number of rotatable bonds is 5. The van der Waals surface area contributed by atoms with Crippen LogP contribution >= 0.6 is 0 Å². The third kappa shape index (κ3) is 4.24. The molecule has 4 N–H and O–H groups in total. The maximum Gasteiger partial charge on any atom is 0.269 e. The lowest BCUT2D eigenvalue weighted by Gasteiger charge is -2.23. The van der Waals surface area contributed by atoms with Crippen LogP contribution in [0, 0.1) is 10.1 Å². The average molecular weight is 420 g/mol. The second kappa shape index (κ2) is 8.06. The zero-order chi connectivity index (χ0) is 22.0. The standard InChI is InChI=1S/C20H16N6O5/c27-15-10-14(18(28)21-12-6-8-13(9-7-12)26(30)31)16-17(23-15)24-20(25-19(16)29)22-11-4-2-1-3-5-11/h1-9,14H,10H2,(H,21,28)(H3,22,23,24,25,27,29)/t14-/m1/s1. The van der Waals surface area contributed by atoms with Gasteiger partial charge in [-0.1, -0.05) is 18.2 Å². The summed E-state index contributed by atoms with van der Waals surface area (Å²) >= 11 is 0. The molecule has 2 heterocycles. The Morgan fingerprint density at radius 2 is 1.77 bits per heavy atom. The molecule has 11 nitrogen and oxygen atoms in total. The van der Waals surface area contributed by atoms with Gasteiger partial charge in [0.15, 0.2) is 0 Å². The first kappa shape index (κ1) is 19.8. The Balaban J connectivity index is 1.60. The van der Waals surface area contributed by atoms with Crippen LogP contribution < -0.4 is 21.5 Å². The fourth-order valence-electron chi connectivity index (χ4n) is 3.21. The first-order valence-corrected chi connectivity index (χ1v) is 9.22. The minimum atomic E-state index is -1.07. The summed E-state index contributed by atoms with van der Waals surface area (Å²) in [5.41, 5.74) is 0.333.